The van der Waals surface area contributed by atoms with Crippen LogP contribution in [0.25, 0.3) is 0 Å². The second-order valence-electron chi connectivity index (χ2n) is 5.08. The highest BCUT2D eigenvalue weighted by atomic mass is 16.5. The maximum atomic E-state index is 6.34. The zero-order chi connectivity index (χ0) is 13.2. The first-order valence-electron chi connectivity index (χ1n) is 6.56. The van der Waals surface area contributed by atoms with E-state index in [9.17, 15) is 0 Å². The highest BCUT2D eigenvalue weighted by Crippen LogP contribution is 2.26. The molecule has 0 amide bonds. The zero-order valence-electron chi connectivity index (χ0n) is 11.1. The number of ether oxygens (including phenoxy) is 1. The fraction of sp³-hybridized carbons (Fsp3) is 0.538. The van der Waals surface area contributed by atoms with Crippen molar-refractivity contribution < 1.29 is 4.74 Å². The van der Waals surface area contributed by atoms with Gasteiger partial charge in [0.25, 0.3) is 0 Å². The molecule has 0 aromatic carbocycles. The average molecular weight is 261 g/mol. The summed E-state index contributed by atoms with van der Waals surface area (Å²) in [6, 6.07) is 1.99. The van der Waals surface area contributed by atoms with E-state index in [1.54, 1.807) is 4.68 Å². The van der Waals surface area contributed by atoms with Crippen LogP contribution >= 0.6 is 0 Å². The highest BCUT2D eigenvalue weighted by Gasteiger charge is 2.26. The Morgan fingerprint density at radius 3 is 3.16 bits per heavy atom. The number of nitrogens with two attached hydrogens (primary N) is 1. The van der Waals surface area contributed by atoms with Gasteiger partial charge in [0.1, 0.15) is 0 Å². The largest absolute Gasteiger partial charge is 0.381 e. The maximum absolute atomic E-state index is 6.34. The van der Waals surface area contributed by atoms with Crippen LogP contribution in [0, 0.1) is 5.92 Å². The molecule has 0 radical (unpaired) electrons. The Kier molecular flexibility index (Phi) is 3.35. The van der Waals surface area contributed by atoms with Gasteiger partial charge in [-0.1, -0.05) is 0 Å². The lowest BCUT2D eigenvalue weighted by Crippen LogP contribution is -2.24. The van der Waals surface area contributed by atoms with Crippen molar-refractivity contribution in [2.75, 3.05) is 13.2 Å². The summed E-state index contributed by atoms with van der Waals surface area (Å²) in [7, 11) is 1.92. The summed E-state index contributed by atoms with van der Waals surface area (Å²) in [6.45, 7) is 2.26. The first-order valence-corrected chi connectivity index (χ1v) is 6.56. The molecule has 102 valence electrons. The van der Waals surface area contributed by atoms with Crippen molar-refractivity contribution in [2.45, 2.75) is 19.0 Å². The van der Waals surface area contributed by atoms with Crippen LogP contribution in [0.15, 0.2) is 24.8 Å². The molecule has 2 atom stereocenters. The summed E-state index contributed by atoms with van der Waals surface area (Å²) in [4.78, 5) is 4.23. The van der Waals surface area contributed by atoms with Crippen LogP contribution in [0.5, 0.6) is 0 Å². The molecular formula is C13H19N5O. The minimum Gasteiger partial charge on any atom is -0.381 e. The normalized spacial score (nSPS) is 20.8. The van der Waals surface area contributed by atoms with Crippen LogP contribution in [0.2, 0.25) is 0 Å². The Morgan fingerprint density at radius 2 is 2.47 bits per heavy atom. The Balaban J connectivity index is 1.77. The van der Waals surface area contributed by atoms with E-state index in [4.69, 9.17) is 10.5 Å². The number of aromatic nitrogens is 4. The third kappa shape index (κ3) is 2.54. The summed E-state index contributed by atoms with van der Waals surface area (Å²) >= 11 is 0. The molecule has 2 N–H and O–H groups in total. The number of rotatable bonds is 4. The Bertz CT molecular complexity index is 541. The molecule has 0 aliphatic carbocycles. The van der Waals surface area contributed by atoms with E-state index in [0.29, 0.717) is 12.5 Å². The monoisotopic (exact) mass is 261 g/mol. The fourth-order valence-electron chi connectivity index (χ4n) is 2.54. The van der Waals surface area contributed by atoms with Crippen LogP contribution < -0.4 is 5.73 Å². The van der Waals surface area contributed by atoms with Crippen LogP contribution in [0.3, 0.4) is 0 Å². The van der Waals surface area contributed by atoms with E-state index in [-0.39, 0.29) is 6.04 Å². The smallest absolute Gasteiger partial charge is 0.0952 e. The third-order valence-electron chi connectivity index (χ3n) is 3.66. The van der Waals surface area contributed by atoms with Crippen LogP contribution in [-0.4, -0.2) is 32.5 Å². The van der Waals surface area contributed by atoms with Gasteiger partial charge in [-0.3, -0.25) is 4.68 Å². The summed E-state index contributed by atoms with van der Waals surface area (Å²) < 4.78 is 9.29. The van der Waals surface area contributed by atoms with Gasteiger partial charge in [-0.05, 0) is 12.5 Å². The van der Waals surface area contributed by atoms with Crippen molar-refractivity contribution in [1.82, 2.24) is 19.3 Å². The lowest BCUT2D eigenvalue weighted by Gasteiger charge is -2.19. The van der Waals surface area contributed by atoms with Crippen LogP contribution in [0.1, 0.15) is 23.9 Å². The second-order valence-corrected chi connectivity index (χ2v) is 5.08. The lowest BCUT2D eigenvalue weighted by atomic mass is 9.97. The molecule has 3 rings (SSSR count). The van der Waals surface area contributed by atoms with Gasteiger partial charge < -0.3 is 15.0 Å². The molecule has 1 saturated heterocycles. The molecule has 19 heavy (non-hydrogen) atoms. The fourth-order valence-corrected chi connectivity index (χ4v) is 2.54. The molecule has 1 aliphatic rings. The predicted molar refractivity (Wildman–Crippen MR) is 70.4 cm³/mol. The Morgan fingerprint density at radius 1 is 1.58 bits per heavy atom. The molecule has 0 saturated carbocycles. The zero-order valence-corrected chi connectivity index (χ0v) is 11.1. The van der Waals surface area contributed by atoms with Gasteiger partial charge in [0.15, 0.2) is 0 Å². The molecule has 2 aromatic heterocycles. The van der Waals surface area contributed by atoms with Gasteiger partial charge >= 0.3 is 0 Å². The number of hydrogen-bond donors (Lipinski definition) is 1. The molecule has 1 fully saturated rings. The van der Waals surface area contributed by atoms with Gasteiger partial charge in [-0.2, -0.15) is 5.10 Å². The summed E-state index contributed by atoms with van der Waals surface area (Å²) in [5.41, 5.74) is 8.41. The van der Waals surface area contributed by atoms with Gasteiger partial charge in [0, 0.05) is 32.0 Å². The van der Waals surface area contributed by atoms with Crippen molar-refractivity contribution in [2.24, 2.45) is 18.7 Å². The topological polar surface area (TPSA) is 70.9 Å². The molecule has 0 spiro atoms. The predicted octanol–water partition coefficient (Wildman–Crippen LogP) is 0.701. The van der Waals surface area contributed by atoms with Crippen molar-refractivity contribution in [3.63, 3.8) is 0 Å². The van der Waals surface area contributed by atoms with E-state index in [0.717, 1.165) is 31.0 Å². The second kappa shape index (κ2) is 5.14. The van der Waals surface area contributed by atoms with Gasteiger partial charge in [-0.15, -0.1) is 0 Å². The summed E-state index contributed by atoms with van der Waals surface area (Å²) in [6.07, 6.45) is 6.64. The van der Waals surface area contributed by atoms with E-state index < -0.39 is 0 Å². The number of hydrogen-bond acceptors (Lipinski definition) is 4. The number of imidazole rings is 1. The molecule has 0 bridgehead atoms. The van der Waals surface area contributed by atoms with Crippen LogP contribution in [0.4, 0.5) is 0 Å². The highest BCUT2D eigenvalue weighted by molar-refractivity contribution is 5.10. The quantitative estimate of drug-likeness (QED) is 0.879. The molecule has 3 heterocycles. The maximum Gasteiger partial charge on any atom is 0.0952 e. The lowest BCUT2D eigenvalue weighted by molar-refractivity contribution is 0.180. The van der Waals surface area contributed by atoms with E-state index in [1.165, 1.54) is 0 Å². The third-order valence-corrected chi connectivity index (χ3v) is 3.66. The number of nitrogens with zero attached hydrogens (tertiary/aromatic N) is 4. The molecule has 2 aromatic rings. The first-order chi connectivity index (χ1) is 9.24. The van der Waals surface area contributed by atoms with Crippen LogP contribution in [-0.2, 0) is 18.3 Å². The number of aryl methyl sites for hydroxylation is 1. The van der Waals surface area contributed by atoms with Crippen molar-refractivity contribution in [1.29, 1.82) is 0 Å². The molecule has 1 aliphatic heterocycles. The minimum absolute atomic E-state index is 0.0197. The molecule has 2 unspecified atom stereocenters. The minimum atomic E-state index is -0.0197. The summed E-state index contributed by atoms with van der Waals surface area (Å²) in [5, 5.41) is 4.39. The van der Waals surface area contributed by atoms with Gasteiger partial charge in [0.05, 0.1) is 36.9 Å². The molecule has 6 heteroatoms. The van der Waals surface area contributed by atoms with E-state index in [1.807, 2.05) is 31.8 Å². The molecular weight excluding hydrogens is 242 g/mol. The Labute approximate surface area is 112 Å². The van der Waals surface area contributed by atoms with Crippen molar-refractivity contribution >= 4 is 0 Å². The van der Waals surface area contributed by atoms with Crippen molar-refractivity contribution in [3.8, 4) is 0 Å². The van der Waals surface area contributed by atoms with E-state index in [2.05, 4.69) is 14.6 Å². The van der Waals surface area contributed by atoms with E-state index >= 15 is 0 Å². The van der Waals surface area contributed by atoms with Gasteiger partial charge in [-0.25, -0.2) is 4.98 Å². The Hall–Kier alpha value is -1.66. The SMILES string of the molecule is Cn1ccc(Cn2cncc2C(N)C2CCOC2)n1. The first kappa shape index (κ1) is 12.4. The standard InChI is InChI=1S/C13H19N5O/c1-17-4-2-11(16-17)7-18-9-15-6-12(18)13(14)10-3-5-19-8-10/h2,4,6,9-10,13H,3,5,7-8,14H2,1H3. The van der Waals surface area contributed by atoms with Crippen molar-refractivity contribution in [3.05, 3.63) is 36.2 Å². The summed E-state index contributed by atoms with van der Waals surface area (Å²) in [5.74, 6) is 0.388. The average Bonchev–Trinajstić information content (AvgIpc) is 3.10. The van der Waals surface area contributed by atoms with Gasteiger partial charge in [0.2, 0.25) is 0 Å². The molecule has 6 nitrogen and oxygen atoms in total.